The molecule has 5 nitrogen and oxygen atoms in total. The second kappa shape index (κ2) is 6.34. The number of nitrogens with one attached hydrogen (secondary N) is 1. The van der Waals surface area contributed by atoms with E-state index < -0.39 is 9.84 Å². The van der Waals surface area contributed by atoms with E-state index in [1.54, 1.807) is 6.20 Å². The molecule has 0 fully saturated rings. The molecule has 1 aromatic carbocycles. The van der Waals surface area contributed by atoms with Gasteiger partial charge in [0, 0.05) is 29.9 Å². The fraction of sp³-hybridized carbons (Fsp3) is 0.308. The van der Waals surface area contributed by atoms with E-state index in [1.165, 1.54) is 17.6 Å². The van der Waals surface area contributed by atoms with Gasteiger partial charge in [-0.05, 0) is 5.56 Å². The zero-order chi connectivity index (χ0) is 14.6. The van der Waals surface area contributed by atoms with Gasteiger partial charge >= 0.3 is 0 Å². The Morgan fingerprint density at radius 1 is 1.35 bits per heavy atom. The van der Waals surface area contributed by atoms with Gasteiger partial charge in [0.05, 0.1) is 5.75 Å². The Hall–Kier alpha value is -1.44. The van der Waals surface area contributed by atoms with Gasteiger partial charge in [-0.1, -0.05) is 30.3 Å². The minimum atomic E-state index is -3.07. The average molecular weight is 311 g/mol. The minimum Gasteiger partial charge on any atom is -0.375 e. The van der Waals surface area contributed by atoms with E-state index in [4.69, 9.17) is 5.73 Å². The van der Waals surface area contributed by atoms with Gasteiger partial charge < -0.3 is 11.1 Å². The molecule has 0 radical (unpaired) electrons. The zero-order valence-electron chi connectivity index (χ0n) is 11.1. The maximum absolute atomic E-state index is 11.6. The lowest BCUT2D eigenvalue weighted by atomic mass is 10.1. The van der Waals surface area contributed by atoms with Crippen molar-refractivity contribution in [2.75, 3.05) is 17.7 Å². The monoisotopic (exact) mass is 311 g/mol. The first-order valence-electron chi connectivity index (χ1n) is 6.10. The Kier molecular flexibility index (Phi) is 4.74. The molecular formula is C13H17N3O2S2. The Morgan fingerprint density at radius 2 is 2.05 bits per heavy atom. The number of rotatable bonds is 6. The zero-order valence-corrected chi connectivity index (χ0v) is 12.7. The Morgan fingerprint density at radius 3 is 2.60 bits per heavy atom. The van der Waals surface area contributed by atoms with Crippen LogP contribution in [0.3, 0.4) is 0 Å². The van der Waals surface area contributed by atoms with Gasteiger partial charge in [-0.25, -0.2) is 13.4 Å². The molecule has 108 valence electrons. The van der Waals surface area contributed by atoms with E-state index in [9.17, 15) is 8.42 Å². The Bertz CT molecular complexity index is 653. The van der Waals surface area contributed by atoms with Gasteiger partial charge in [-0.15, -0.1) is 11.3 Å². The van der Waals surface area contributed by atoms with Crippen molar-refractivity contribution in [1.29, 1.82) is 0 Å². The van der Waals surface area contributed by atoms with Crippen molar-refractivity contribution in [2.45, 2.75) is 12.6 Å². The maximum Gasteiger partial charge on any atom is 0.180 e. The van der Waals surface area contributed by atoms with Gasteiger partial charge in [0.15, 0.2) is 5.13 Å². The van der Waals surface area contributed by atoms with Crippen LogP contribution in [0.2, 0.25) is 0 Å². The number of thiazole rings is 1. The highest BCUT2D eigenvalue weighted by atomic mass is 32.2. The van der Waals surface area contributed by atoms with Gasteiger partial charge in [-0.2, -0.15) is 0 Å². The van der Waals surface area contributed by atoms with E-state index in [-0.39, 0.29) is 11.8 Å². The largest absolute Gasteiger partial charge is 0.375 e. The van der Waals surface area contributed by atoms with Crippen LogP contribution in [0.25, 0.3) is 0 Å². The first-order valence-corrected chi connectivity index (χ1v) is 8.98. The van der Waals surface area contributed by atoms with Crippen molar-refractivity contribution in [3.63, 3.8) is 0 Å². The van der Waals surface area contributed by atoms with Crippen molar-refractivity contribution in [3.05, 3.63) is 47.0 Å². The van der Waals surface area contributed by atoms with E-state index in [0.717, 1.165) is 10.4 Å². The summed E-state index contributed by atoms with van der Waals surface area (Å²) in [5, 5.41) is 3.77. The summed E-state index contributed by atoms with van der Waals surface area (Å²) in [6.45, 7) is 0.546. The van der Waals surface area contributed by atoms with Crippen LogP contribution >= 0.6 is 11.3 Å². The molecule has 2 aromatic rings. The van der Waals surface area contributed by atoms with Crippen LogP contribution in [-0.4, -0.2) is 25.4 Å². The van der Waals surface area contributed by atoms with Gasteiger partial charge in [-0.3, -0.25) is 0 Å². The molecule has 20 heavy (non-hydrogen) atoms. The molecule has 0 amide bonds. The predicted molar refractivity (Wildman–Crippen MR) is 82.3 cm³/mol. The second-order valence-electron chi connectivity index (χ2n) is 4.60. The highest BCUT2D eigenvalue weighted by molar-refractivity contribution is 7.90. The lowest BCUT2D eigenvalue weighted by Crippen LogP contribution is -2.27. The maximum atomic E-state index is 11.6. The third-order valence-corrected chi connectivity index (χ3v) is 4.53. The Labute approximate surface area is 122 Å². The standard InChI is InChI=1S/C13H17N3O2S2/c1-20(17,18)9-12(10-5-3-2-4-6-10)15-7-11-8-16-13(14)19-11/h2-6,8,12,15H,7,9H2,1H3,(H2,14,16). The summed E-state index contributed by atoms with van der Waals surface area (Å²) in [7, 11) is -3.07. The molecule has 3 N–H and O–H groups in total. The number of anilines is 1. The number of aromatic nitrogens is 1. The quantitative estimate of drug-likeness (QED) is 0.846. The topological polar surface area (TPSA) is 85.1 Å². The normalized spacial score (nSPS) is 13.2. The molecule has 0 spiro atoms. The van der Waals surface area contributed by atoms with Crippen LogP contribution in [0.4, 0.5) is 5.13 Å². The predicted octanol–water partition coefficient (Wildman–Crippen LogP) is 1.60. The molecule has 1 aromatic heterocycles. The average Bonchev–Trinajstić information content (AvgIpc) is 2.80. The summed E-state index contributed by atoms with van der Waals surface area (Å²) < 4.78 is 23.1. The molecule has 0 aliphatic rings. The molecule has 0 aliphatic heterocycles. The summed E-state index contributed by atoms with van der Waals surface area (Å²) in [4.78, 5) is 4.96. The molecule has 0 saturated heterocycles. The van der Waals surface area contributed by atoms with E-state index in [2.05, 4.69) is 10.3 Å². The van der Waals surface area contributed by atoms with Crippen LogP contribution in [0.1, 0.15) is 16.5 Å². The van der Waals surface area contributed by atoms with Crippen LogP contribution in [0, 0.1) is 0 Å². The second-order valence-corrected chi connectivity index (χ2v) is 7.93. The Balaban J connectivity index is 2.10. The first-order chi connectivity index (χ1) is 9.44. The van der Waals surface area contributed by atoms with Crippen LogP contribution in [-0.2, 0) is 16.4 Å². The van der Waals surface area contributed by atoms with Gasteiger partial charge in [0.25, 0.3) is 0 Å². The lowest BCUT2D eigenvalue weighted by Gasteiger charge is -2.17. The fourth-order valence-electron chi connectivity index (χ4n) is 1.89. The summed E-state index contributed by atoms with van der Waals surface area (Å²) in [6.07, 6.45) is 2.95. The number of nitrogens with two attached hydrogens (primary N) is 1. The highest BCUT2D eigenvalue weighted by Gasteiger charge is 2.17. The summed E-state index contributed by atoms with van der Waals surface area (Å²) in [6, 6.07) is 9.31. The number of hydrogen-bond acceptors (Lipinski definition) is 6. The molecule has 0 bridgehead atoms. The number of nitrogen functional groups attached to an aromatic ring is 1. The molecule has 1 atom stereocenters. The van der Waals surface area contributed by atoms with Gasteiger partial charge in [0.1, 0.15) is 9.84 Å². The SMILES string of the molecule is CS(=O)(=O)CC(NCc1cnc(N)s1)c1ccccc1. The number of benzene rings is 1. The van der Waals surface area contributed by atoms with E-state index in [1.807, 2.05) is 30.3 Å². The molecule has 7 heteroatoms. The van der Waals surface area contributed by atoms with Crippen LogP contribution in [0.5, 0.6) is 0 Å². The van der Waals surface area contributed by atoms with Crippen molar-refractivity contribution < 1.29 is 8.42 Å². The molecule has 2 rings (SSSR count). The fourth-order valence-corrected chi connectivity index (χ4v) is 3.44. The summed E-state index contributed by atoms with van der Waals surface area (Å²) in [5.74, 6) is 0.0608. The molecule has 1 unspecified atom stereocenters. The van der Waals surface area contributed by atoms with Crippen LogP contribution < -0.4 is 11.1 Å². The molecule has 0 saturated carbocycles. The van der Waals surface area contributed by atoms with Crippen LogP contribution in [0.15, 0.2) is 36.5 Å². The lowest BCUT2D eigenvalue weighted by molar-refractivity contribution is 0.553. The molecule has 1 heterocycles. The van der Waals surface area contributed by atoms with Crippen molar-refractivity contribution in [1.82, 2.24) is 10.3 Å². The van der Waals surface area contributed by atoms with Crippen molar-refractivity contribution >= 4 is 26.3 Å². The molecular weight excluding hydrogens is 294 g/mol. The highest BCUT2D eigenvalue weighted by Crippen LogP contribution is 2.18. The van der Waals surface area contributed by atoms with E-state index >= 15 is 0 Å². The summed E-state index contributed by atoms with van der Waals surface area (Å²) >= 11 is 1.40. The number of sulfone groups is 1. The number of hydrogen-bond donors (Lipinski definition) is 2. The van der Waals surface area contributed by atoms with Crippen molar-refractivity contribution in [3.8, 4) is 0 Å². The third-order valence-electron chi connectivity index (χ3n) is 2.77. The van der Waals surface area contributed by atoms with E-state index in [0.29, 0.717) is 11.7 Å². The van der Waals surface area contributed by atoms with Crippen molar-refractivity contribution in [2.24, 2.45) is 0 Å². The first kappa shape index (κ1) is 15.0. The third kappa shape index (κ3) is 4.59. The smallest absolute Gasteiger partial charge is 0.180 e. The number of nitrogens with zero attached hydrogens (tertiary/aromatic N) is 1. The molecule has 0 aliphatic carbocycles. The minimum absolute atomic E-state index is 0.0608. The summed E-state index contributed by atoms with van der Waals surface area (Å²) in [5.41, 5.74) is 6.54. The van der Waals surface area contributed by atoms with Gasteiger partial charge in [0.2, 0.25) is 0 Å².